The minimum Gasteiger partial charge on any atom is -0.359 e. The van der Waals surface area contributed by atoms with Gasteiger partial charge in [-0.1, -0.05) is 13.3 Å². The van der Waals surface area contributed by atoms with E-state index in [1.54, 1.807) is 0 Å². The first-order chi connectivity index (χ1) is 4.98. The van der Waals surface area contributed by atoms with E-state index in [0.717, 1.165) is 6.42 Å². The second-order valence-corrected chi connectivity index (χ2v) is 4.11. The van der Waals surface area contributed by atoms with Crippen LogP contribution in [0.4, 0.5) is 0 Å². The Labute approximate surface area is 71.8 Å². The molecule has 0 radical (unpaired) electrons. The molecule has 0 bridgehead atoms. The summed E-state index contributed by atoms with van der Waals surface area (Å²) in [6, 6.07) is 0. The normalized spacial score (nSPS) is 11.0. The zero-order chi connectivity index (χ0) is 8.91. The fraction of sp³-hybridized carbons (Fsp3) is 0.800. The molecule has 0 amide bonds. The predicted octanol–water partition coefficient (Wildman–Crippen LogP) is 0.377. The van der Waals surface area contributed by atoms with E-state index >= 15 is 0 Å². The lowest BCUT2D eigenvalue weighted by atomic mass is 10.4. The molecule has 0 aromatic carbocycles. The summed E-state index contributed by atoms with van der Waals surface area (Å²) in [7, 11) is -3.51. The Hall–Kier alpha value is -0.360. The van der Waals surface area contributed by atoms with Crippen molar-refractivity contribution in [3.63, 3.8) is 0 Å². The van der Waals surface area contributed by atoms with Crippen LogP contribution in [-0.4, -0.2) is 19.3 Å². The summed E-state index contributed by atoms with van der Waals surface area (Å²) in [5.74, 6) is -0.0269. The molecule has 0 aliphatic rings. The molecular weight excluding hydrogens is 186 g/mol. The summed E-state index contributed by atoms with van der Waals surface area (Å²) in [6.45, 7) is 1.89. The molecule has 0 unspecified atom stereocenters. The summed E-state index contributed by atoms with van der Waals surface area (Å²) < 4.78 is 25.8. The van der Waals surface area contributed by atoms with Crippen molar-refractivity contribution in [2.24, 2.45) is 5.73 Å². The maximum absolute atomic E-state index is 10.8. The molecule has 0 saturated heterocycles. The van der Waals surface area contributed by atoms with Crippen molar-refractivity contribution in [1.82, 2.24) is 0 Å². The highest BCUT2D eigenvalue weighted by atomic mass is 32.2. The van der Waals surface area contributed by atoms with E-state index < -0.39 is 15.3 Å². The summed E-state index contributed by atoms with van der Waals surface area (Å²) in [4.78, 5) is 0. The van der Waals surface area contributed by atoms with Gasteiger partial charge >= 0.3 is 10.1 Å². The van der Waals surface area contributed by atoms with E-state index in [1.165, 1.54) is 0 Å². The van der Waals surface area contributed by atoms with Gasteiger partial charge in [-0.05, 0) is 18.6 Å². The number of hydrogen-bond donors (Lipinski definition) is 1. The Balaban J connectivity index is 3.92. The summed E-state index contributed by atoms with van der Waals surface area (Å²) in [5.41, 5.74) is 4.88. The van der Waals surface area contributed by atoms with Crippen LogP contribution in [-0.2, 0) is 14.3 Å². The minimum absolute atomic E-state index is 0.0269. The van der Waals surface area contributed by atoms with E-state index in [1.807, 2.05) is 6.92 Å². The molecule has 4 nitrogen and oxygen atoms in total. The highest BCUT2D eigenvalue weighted by Gasteiger charge is 2.11. The lowest BCUT2D eigenvalue weighted by molar-refractivity contribution is 0.482. The van der Waals surface area contributed by atoms with E-state index in [-0.39, 0.29) is 5.75 Å². The van der Waals surface area contributed by atoms with Crippen LogP contribution in [0, 0.1) is 0 Å². The molecule has 0 aliphatic carbocycles. The number of thiocarbonyl (C=S) groups is 1. The van der Waals surface area contributed by atoms with Gasteiger partial charge in [-0.25, -0.2) is 0 Å². The second-order valence-electron chi connectivity index (χ2n) is 2.02. The van der Waals surface area contributed by atoms with E-state index in [2.05, 4.69) is 16.4 Å². The quantitative estimate of drug-likeness (QED) is 0.521. The summed E-state index contributed by atoms with van der Waals surface area (Å²) >= 11 is 4.27. The largest absolute Gasteiger partial charge is 0.359 e. The SMILES string of the molecule is CCCCS(=O)(=O)OC(N)=S. The summed E-state index contributed by atoms with van der Waals surface area (Å²) in [5, 5.41) is -0.443. The van der Waals surface area contributed by atoms with Crippen molar-refractivity contribution >= 4 is 27.5 Å². The zero-order valence-corrected chi connectivity index (χ0v) is 7.87. The molecule has 0 aromatic rings. The number of unbranched alkanes of at least 4 members (excludes halogenated alkanes) is 1. The predicted molar refractivity (Wildman–Crippen MR) is 46.6 cm³/mol. The molecule has 66 valence electrons. The first-order valence-electron chi connectivity index (χ1n) is 3.19. The van der Waals surface area contributed by atoms with Crippen LogP contribution in [0.3, 0.4) is 0 Å². The number of nitrogens with two attached hydrogens (primary N) is 1. The zero-order valence-electron chi connectivity index (χ0n) is 6.24. The van der Waals surface area contributed by atoms with Gasteiger partial charge in [-0.15, -0.1) is 0 Å². The van der Waals surface area contributed by atoms with Gasteiger partial charge in [0.15, 0.2) is 0 Å². The van der Waals surface area contributed by atoms with E-state index in [4.69, 9.17) is 5.73 Å². The molecule has 0 saturated carbocycles. The van der Waals surface area contributed by atoms with Crippen molar-refractivity contribution < 1.29 is 12.6 Å². The fourth-order valence-electron chi connectivity index (χ4n) is 0.488. The van der Waals surface area contributed by atoms with Gasteiger partial charge in [0.25, 0.3) is 5.17 Å². The Bertz CT molecular complexity index is 222. The van der Waals surface area contributed by atoms with Crippen molar-refractivity contribution in [3.05, 3.63) is 0 Å². The van der Waals surface area contributed by atoms with Gasteiger partial charge in [0.05, 0.1) is 5.75 Å². The first-order valence-corrected chi connectivity index (χ1v) is 5.18. The van der Waals surface area contributed by atoms with Crippen LogP contribution in [0.1, 0.15) is 19.8 Å². The molecule has 2 N–H and O–H groups in total. The molecule has 0 heterocycles. The molecule has 0 aromatic heterocycles. The van der Waals surface area contributed by atoms with Crippen molar-refractivity contribution in [1.29, 1.82) is 0 Å². The average Bonchev–Trinajstić information content (AvgIpc) is 1.81. The third-order valence-corrected chi connectivity index (χ3v) is 2.37. The van der Waals surface area contributed by atoms with Crippen LogP contribution in [0.25, 0.3) is 0 Å². The Morgan fingerprint density at radius 1 is 1.64 bits per heavy atom. The molecule has 0 spiro atoms. The topological polar surface area (TPSA) is 69.4 Å². The average molecular weight is 197 g/mol. The van der Waals surface area contributed by atoms with Crippen LogP contribution >= 0.6 is 12.2 Å². The highest BCUT2D eigenvalue weighted by molar-refractivity contribution is 7.88. The van der Waals surface area contributed by atoms with Crippen LogP contribution < -0.4 is 5.73 Å². The fourth-order valence-corrected chi connectivity index (χ4v) is 1.77. The van der Waals surface area contributed by atoms with Crippen LogP contribution in [0.5, 0.6) is 0 Å². The smallest absolute Gasteiger partial charge is 0.311 e. The van der Waals surface area contributed by atoms with Gasteiger partial charge in [-0.3, -0.25) is 0 Å². The molecular formula is C5H11NO3S2. The van der Waals surface area contributed by atoms with Gasteiger partial charge in [0.1, 0.15) is 0 Å². The maximum atomic E-state index is 10.8. The van der Waals surface area contributed by atoms with Gasteiger partial charge in [-0.2, -0.15) is 8.42 Å². The van der Waals surface area contributed by atoms with Crippen molar-refractivity contribution in [2.75, 3.05) is 5.75 Å². The standard InChI is InChI=1S/C5H11NO3S2/c1-2-3-4-11(7,8)9-5(6)10/h2-4H2,1H3,(H2,6,10). The number of hydrogen-bond acceptors (Lipinski definition) is 4. The second kappa shape index (κ2) is 4.50. The molecule has 11 heavy (non-hydrogen) atoms. The first kappa shape index (κ1) is 10.6. The Kier molecular flexibility index (Phi) is 4.36. The maximum Gasteiger partial charge on any atom is 0.311 e. The molecule has 0 rings (SSSR count). The van der Waals surface area contributed by atoms with Crippen molar-refractivity contribution in [3.8, 4) is 0 Å². The lowest BCUT2D eigenvalue weighted by Gasteiger charge is -2.02. The monoisotopic (exact) mass is 197 g/mol. The lowest BCUT2D eigenvalue weighted by Crippen LogP contribution is -2.20. The highest BCUT2D eigenvalue weighted by Crippen LogP contribution is 1.98. The third-order valence-electron chi connectivity index (χ3n) is 0.957. The summed E-state index contributed by atoms with van der Waals surface area (Å²) in [6.07, 6.45) is 1.35. The van der Waals surface area contributed by atoms with Crippen LogP contribution in [0.15, 0.2) is 0 Å². The Morgan fingerprint density at radius 3 is 2.55 bits per heavy atom. The molecule has 0 aliphatic heterocycles. The van der Waals surface area contributed by atoms with E-state index in [0.29, 0.717) is 6.42 Å². The minimum atomic E-state index is -3.51. The molecule has 0 fully saturated rings. The third kappa shape index (κ3) is 6.05. The molecule has 6 heteroatoms. The Morgan fingerprint density at radius 2 is 2.18 bits per heavy atom. The van der Waals surface area contributed by atoms with Crippen LogP contribution in [0.2, 0.25) is 0 Å². The molecule has 0 atom stereocenters. The van der Waals surface area contributed by atoms with Crippen molar-refractivity contribution in [2.45, 2.75) is 19.8 Å². The van der Waals surface area contributed by atoms with Gasteiger partial charge < -0.3 is 9.92 Å². The van der Waals surface area contributed by atoms with Gasteiger partial charge in [0.2, 0.25) is 0 Å². The van der Waals surface area contributed by atoms with Gasteiger partial charge in [0, 0.05) is 0 Å². The van der Waals surface area contributed by atoms with E-state index in [9.17, 15) is 8.42 Å². The number of rotatable bonds is 4.